The summed E-state index contributed by atoms with van der Waals surface area (Å²) in [4.78, 5) is 20.8. The van der Waals surface area contributed by atoms with Gasteiger partial charge in [-0.2, -0.15) is 18.3 Å². The van der Waals surface area contributed by atoms with Gasteiger partial charge in [0.05, 0.1) is 16.7 Å². The zero-order valence-corrected chi connectivity index (χ0v) is 14.7. The highest BCUT2D eigenvalue weighted by Gasteiger charge is 2.33. The van der Waals surface area contributed by atoms with Gasteiger partial charge in [0, 0.05) is 12.1 Å². The van der Waals surface area contributed by atoms with Gasteiger partial charge in [0.15, 0.2) is 0 Å². The Labute approximate surface area is 156 Å². The number of rotatable bonds is 3. The predicted molar refractivity (Wildman–Crippen MR) is 97.8 cm³/mol. The van der Waals surface area contributed by atoms with Gasteiger partial charge in [-0.3, -0.25) is 4.68 Å². The fraction of sp³-hybridized carbons (Fsp3) is 0.316. The smallest absolute Gasteiger partial charge is 0.306 e. The van der Waals surface area contributed by atoms with Gasteiger partial charge in [-0.05, 0) is 43.0 Å². The molecule has 144 valence electrons. The van der Waals surface area contributed by atoms with Crippen molar-refractivity contribution in [2.75, 3.05) is 0 Å². The third-order valence-electron chi connectivity index (χ3n) is 5.32. The average molecular weight is 387 g/mol. The lowest BCUT2D eigenvalue weighted by Crippen LogP contribution is -2.19. The first-order valence-corrected chi connectivity index (χ1v) is 9.06. The fourth-order valence-electron chi connectivity index (χ4n) is 3.68. The number of nitrogens with zero attached hydrogens (tertiary/aromatic N) is 3. The Morgan fingerprint density at radius 2 is 1.89 bits per heavy atom. The first-order valence-electron chi connectivity index (χ1n) is 9.06. The van der Waals surface area contributed by atoms with E-state index in [1.807, 2.05) is 0 Å². The second kappa shape index (κ2) is 5.95. The minimum absolute atomic E-state index is 0.214. The van der Waals surface area contributed by atoms with E-state index >= 15 is 0 Å². The number of aromatic nitrogens is 5. The van der Waals surface area contributed by atoms with Crippen LogP contribution in [-0.4, -0.2) is 24.7 Å². The Balaban J connectivity index is 1.73. The lowest BCUT2D eigenvalue weighted by molar-refractivity contribution is -0.140. The number of pyridine rings is 1. The Morgan fingerprint density at radius 1 is 1.11 bits per heavy atom. The molecule has 3 aromatic heterocycles. The molecule has 3 heterocycles. The molecule has 0 spiro atoms. The van der Waals surface area contributed by atoms with E-state index in [2.05, 4.69) is 20.1 Å². The van der Waals surface area contributed by atoms with Crippen molar-refractivity contribution in [2.24, 2.45) is 5.92 Å². The second-order valence-corrected chi connectivity index (χ2v) is 7.23. The first kappa shape index (κ1) is 17.0. The van der Waals surface area contributed by atoms with Crippen molar-refractivity contribution in [3.8, 4) is 11.3 Å². The number of imidazole rings is 1. The second-order valence-electron chi connectivity index (χ2n) is 7.23. The van der Waals surface area contributed by atoms with Crippen molar-refractivity contribution in [1.29, 1.82) is 0 Å². The molecule has 4 aromatic rings. The quantitative estimate of drug-likeness (QED) is 0.556. The van der Waals surface area contributed by atoms with E-state index in [0.29, 0.717) is 40.3 Å². The van der Waals surface area contributed by atoms with Crippen molar-refractivity contribution in [1.82, 2.24) is 24.7 Å². The number of nitrogens with one attached hydrogen (secondary N) is 2. The summed E-state index contributed by atoms with van der Waals surface area (Å²) in [6.45, 7) is 0.634. The van der Waals surface area contributed by atoms with Gasteiger partial charge >= 0.3 is 11.9 Å². The number of H-pyrrole nitrogens is 2. The van der Waals surface area contributed by atoms with Crippen LogP contribution >= 0.6 is 0 Å². The summed E-state index contributed by atoms with van der Waals surface area (Å²) in [6, 6.07) is 7.55. The Kier molecular flexibility index (Phi) is 3.62. The van der Waals surface area contributed by atoms with Crippen molar-refractivity contribution in [3.05, 3.63) is 46.5 Å². The topological polar surface area (TPSA) is 79.4 Å². The van der Waals surface area contributed by atoms with Gasteiger partial charge in [0.25, 0.3) is 0 Å². The number of hydrogen-bond acceptors (Lipinski definition) is 3. The monoisotopic (exact) mass is 387 g/mol. The van der Waals surface area contributed by atoms with E-state index in [-0.39, 0.29) is 11.2 Å². The number of alkyl halides is 3. The van der Waals surface area contributed by atoms with Crippen LogP contribution in [-0.2, 0) is 12.7 Å². The molecule has 6 nitrogen and oxygen atoms in total. The van der Waals surface area contributed by atoms with Crippen LogP contribution in [0.1, 0.15) is 25.0 Å². The lowest BCUT2D eigenvalue weighted by atomic mass is 9.85. The molecule has 0 atom stereocenters. The Bertz CT molecular complexity index is 1250. The van der Waals surface area contributed by atoms with E-state index in [0.717, 1.165) is 25.3 Å². The molecule has 0 unspecified atom stereocenters. The van der Waals surface area contributed by atoms with E-state index < -0.39 is 11.9 Å². The summed E-state index contributed by atoms with van der Waals surface area (Å²) in [5.41, 5.74) is 1.77. The molecule has 0 saturated heterocycles. The number of benzene rings is 1. The van der Waals surface area contributed by atoms with Gasteiger partial charge in [0.1, 0.15) is 16.7 Å². The van der Waals surface area contributed by atoms with Gasteiger partial charge < -0.3 is 9.97 Å². The predicted octanol–water partition coefficient (Wildman–Crippen LogP) is 4.09. The fourth-order valence-corrected chi connectivity index (χ4v) is 3.68. The summed E-state index contributed by atoms with van der Waals surface area (Å²) >= 11 is 0. The van der Waals surface area contributed by atoms with Crippen molar-refractivity contribution in [2.45, 2.75) is 32.0 Å². The maximum atomic E-state index is 13.2. The lowest BCUT2D eigenvalue weighted by Gasteiger charge is -2.25. The van der Waals surface area contributed by atoms with Gasteiger partial charge in [-0.25, -0.2) is 9.78 Å². The third kappa shape index (κ3) is 2.78. The molecular formula is C19H16F3N5O. The molecule has 0 bridgehead atoms. The molecule has 28 heavy (non-hydrogen) atoms. The van der Waals surface area contributed by atoms with Crippen LogP contribution in [0.5, 0.6) is 0 Å². The van der Waals surface area contributed by atoms with Crippen LogP contribution in [0.3, 0.4) is 0 Å². The highest BCUT2D eigenvalue weighted by molar-refractivity contribution is 5.92. The molecule has 0 amide bonds. The molecule has 5 rings (SSSR count). The largest absolute Gasteiger partial charge is 0.433 e. The number of hydrogen-bond donors (Lipinski definition) is 2. The van der Waals surface area contributed by atoms with Crippen LogP contribution in [0.15, 0.2) is 35.1 Å². The summed E-state index contributed by atoms with van der Waals surface area (Å²) < 4.78 is 41.4. The normalized spacial score (nSPS) is 15.4. The molecule has 0 aliphatic heterocycles. The Morgan fingerprint density at radius 3 is 2.61 bits per heavy atom. The summed E-state index contributed by atoms with van der Waals surface area (Å²) in [7, 11) is 0. The highest BCUT2D eigenvalue weighted by atomic mass is 19.4. The zero-order chi connectivity index (χ0) is 19.5. The molecule has 1 aromatic carbocycles. The average Bonchev–Trinajstić information content (AvgIpc) is 3.14. The van der Waals surface area contributed by atoms with Crippen LogP contribution < -0.4 is 5.69 Å². The SMILES string of the molecule is O=c1[nH]c2ccc(-c3c4nc(C(F)(F)F)ccc4nn3CC3CCC3)cc2[nH]1. The Hall–Kier alpha value is -3.10. The van der Waals surface area contributed by atoms with Crippen LogP contribution in [0.4, 0.5) is 13.2 Å². The van der Waals surface area contributed by atoms with Crippen LogP contribution in [0.2, 0.25) is 0 Å². The third-order valence-corrected chi connectivity index (χ3v) is 5.32. The summed E-state index contributed by atoms with van der Waals surface area (Å²) in [5, 5.41) is 4.53. The van der Waals surface area contributed by atoms with E-state index in [9.17, 15) is 18.0 Å². The number of aromatic amines is 2. The van der Waals surface area contributed by atoms with Crippen LogP contribution in [0.25, 0.3) is 33.3 Å². The number of halogens is 3. The van der Waals surface area contributed by atoms with Gasteiger partial charge in [-0.15, -0.1) is 0 Å². The summed E-state index contributed by atoms with van der Waals surface area (Å²) in [6.07, 6.45) is -1.20. The van der Waals surface area contributed by atoms with Crippen LogP contribution in [0, 0.1) is 5.92 Å². The zero-order valence-electron chi connectivity index (χ0n) is 14.7. The summed E-state index contributed by atoms with van der Waals surface area (Å²) in [5.74, 6) is 0.464. The maximum Gasteiger partial charge on any atom is 0.433 e. The minimum atomic E-state index is -4.53. The highest BCUT2D eigenvalue weighted by Crippen LogP contribution is 2.35. The van der Waals surface area contributed by atoms with E-state index in [1.165, 1.54) is 6.07 Å². The molecule has 1 fully saturated rings. The van der Waals surface area contributed by atoms with Crippen molar-refractivity contribution >= 4 is 22.1 Å². The molecule has 9 heteroatoms. The molecule has 1 saturated carbocycles. The number of fused-ring (bicyclic) bond motifs is 2. The van der Waals surface area contributed by atoms with E-state index in [1.54, 1.807) is 22.9 Å². The first-order chi connectivity index (χ1) is 13.4. The van der Waals surface area contributed by atoms with Gasteiger partial charge in [0.2, 0.25) is 0 Å². The molecule has 1 aliphatic carbocycles. The van der Waals surface area contributed by atoms with Gasteiger partial charge in [-0.1, -0.05) is 12.5 Å². The molecular weight excluding hydrogens is 371 g/mol. The van der Waals surface area contributed by atoms with Crippen molar-refractivity contribution in [3.63, 3.8) is 0 Å². The standard InChI is InChI=1S/C19H16F3N5O/c20-19(21,22)15-7-6-13-16(25-15)17(27(26-13)9-10-2-1-3-10)11-4-5-12-14(8-11)24-18(28)23-12/h4-8,10H,1-3,9H2,(H2,23,24,28). The van der Waals surface area contributed by atoms with E-state index in [4.69, 9.17) is 0 Å². The molecule has 0 radical (unpaired) electrons. The maximum absolute atomic E-state index is 13.2. The molecule has 2 N–H and O–H groups in total. The minimum Gasteiger partial charge on any atom is -0.306 e. The molecule has 1 aliphatic rings. The van der Waals surface area contributed by atoms with Crippen molar-refractivity contribution < 1.29 is 13.2 Å².